The molecule has 0 aliphatic heterocycles. The molecule has 0 unspecified atom stereocenters. The van der Waals surface area contributed by atoms with E-state index >= 15 is 0 Å². The number of nitrogens with one attached hydrogen (secondary N) is 1. The molecule has 0 heterocycles. The van der Waals surface area contributed by atoms with E-state index in [2.05, 4.69) is 26.5 Å². The van der Waals surface area contributed by atoms with Crippen LogP contribution in [0.25, 0.3) is 0 Å². The summed E-state index contributed by atoms with van der Waals surface area (Å²) in [4.78, 5) is 12.9. The Morgan fingerprint density at radius 3 is 2.13 bits per heavy atom. The summed E-state index contributed by atoms with van der Waals surface area (Å²) in [5.74, 6) is 1.09. The highest BCUT2D eigenvalue weighted by atomic mass is 79.9. The lowest BCUT2D eigenvalue weighted by Crippen LogP contribution is -2.18. The molecule has 0 bridgehead atoms. The van der Waals surface area contributed by atoms with Crippen LogP contribution in [0.15, 0.2) is 94.5 Å². The second kappa shape index (κ2) is 14.0. The first-order chi connectivity index (χ1) is 19.0. The highest BCUT2D eigenvalue weighted by Crippen LogP contribution is 2.37. The van der Waals surface area contributed by atoms with E-state index in [-0.39, 0.29) is 13.2 Å². The second-order valence-corrected chi connectivity index (χ2v) is 9.89. The molecule has 200 valence electrons. The Hall–Kier alpha value is -3.52. The van der Waals surface area contributed by atoms with E-state index < -0.39 is 5.91 Å². The Morgan fingerprint density at radius 1 is 0.846 bits per heavy atom. The molecule has 4 aromatic rings. The van der Waals surface area contributed by atoms with Crippen molar-refractivity contribution in [3.8, 4) is 17.2 Å². The average molecular weight is 628 g/mol. The van der Waals surface area contributed by atoms with Gasteiger partial charge in [0.1, 0.15) is 19.0 Å². The van der Waals surface area contributed by atoms with Crippen LogP contribution < -0.4 is 19.6 Å². The van der Waals surface area contributed by atoms with Crippen molar-refractivity contribution in [3.05, 3.63) is 122 Å². The average Bonchev–Trinajstić information content (AvgIpc) is 2.93. The van der Waals surface area contributed by atoms with Gasteiger partial charge in [0.25, 0.3) is 5.91 Å². The van der Waals surface area contributed by atoms with E-state index in [1.54, 1.807) is 36.4 Å². The van der Waals surface area contributed by atoms with Gasteiger partial charge in [0.05, 0.1) is 22.9 Å². The number of amides is 1. The zero-order chi connectivity index (χ0) is 27.6. The maximum Gasteiger partial charge on any atom is 0.275 e. The lowest BCUT2D eigenvalue weighted by molar-refractivity contribution is 0.0950. The predicted octanol–water partition coefficient (Wildman–Crippen LogP) is 8.08. The van der Waals surface area contributed by atoms with Crippen molar-refractivity contribution < 1.29 is 19.0 Å². The molecule has 39 heavy (non-hydrogen) atoms. The standard InChI is InChI=1S/C30H25BrCl2N2O4/c1-2-37-28-16-20(15-24(31)29(28)39-19-22-10-4-7-13-26(22)33)17-34-35-30(36)23-11-5-8-14-27(23)38-18-21-9-3-6-12-25(21)32/h3-17H,2,18-19H2,1H3,(H,35,36)/b34-17-. The Bertz CT molecular complexity index is 1480. The van der Waals surface area contributed by atoms with Crippen molar-refractivity contribution >= 4 is 51.3 Å². The van der Waals surface area contributed by atoms with Crippen LogP contribution in [0.4, 0.5) is 0 Å². The van der Waals surface area contributed by atoms with E-state index in [4.69, 9.17) is 37.4 Å². The van der Waals surface area contributed by atoms with Gasteiger partial charge < -0.3 is 14.2 Å². The molecule has 6 nitrogen and oxygen atoms in total. The SMILES string of the molecule is CCOc1cc(/C=N\NC(=O)c2ccccc2OCc2ccccc2Cl)cc(Br)c1OCc1ccccc1Cl. The van der Waals surface area contributed by atoms with Crippen molar-refractivity contribution in [2.75, 3.05) is 6.61 Å². The number of carbonyl (C=O) groups is 1. The van der Waals surface area contributed by atoms with E-state index in [0.717, 1.165) is 11.1 Å². The Morgan fingerprint density at radius 2 is 1.46 bits per heavy atom. The van der Waals surface area contributed by atoms with Crippen LogP contribution >= 0.6 is 39.1 Å². The fourth-order valence-electron chi connectivity index (χ4n) is 3.61. The normalized spacial score (nSPS) is 10.9. The largest absolute Gasteiger partial charge is 0.490 e. The van der Waals surface area contributed by atoms with Crippen LogP contribution in [0.5, 0.6) is 17.2 Å². The van der Waals surface area contributed by atoms with Gasteiger partial charge in [0, 0.05) is 21.2 Å². The molecular formula is C30H25BrCl2N2O4. The van der Waals surface area contributed by atoms with E-state index in [0.29, 0.717) is 49.5 Å². The zero-order valence-electron chi connectivity index (χ0n) is 21.0. The van der Waals surface area contributed by atoms with E-state index in [1.165, 1.54) is 6.21 Å². The third-order valence-electron chi connectivity index (χ3n) is 5.51. The number of hydrogen-bond donors (Lipinski definition) is 1. The molecule has 1 N–H and O–H groups in total. The summed E-state index contributed by atoms with van der Waals surface area (Å²) >= 11 is 16.0. The van der Waals surface area contributed by atoms with Crippen LogP contribution in [-0.2, 0) is 13.2 Å². The number of halogens is 3. The summed E-state index contributed by atoms with van der Waals surface area (Å²) in [6.45, 7) is 2.83. The minimum absolute atomic E-state index is 0.229. The number of benzene rings is 4. The van der Waals surface area contributed by atoms with Crippen LogP contribution in [0.2, 0.25) is 10.0 Å². The molecule has 4 rings (SSSR count). The van der Waals surface area contributed by atoms with Crippen LogP contribution in [0, 0.1) is 0 Å². The molecule has 0 spiro atoms. The van der Waals surface area contributed by atoms with Gasteiger partial charge in [-0.1, -0.05) is 71.7 Å². The molecule has 0 atom stereocenters. The lowest BCUT2D eigenvalue weighted by Gasteiger charge is -2.15. The molecule has 0 saturated carbocycles. The first-order valence-corrected chi connectivity index (χ1v) is 13.6. The monoisotopic (exact) mass is 626 g/mol. The minimum atomic E-state index is -0.412. The molecule has 0 radical (unpaired) electrons. The van der Waals surface area contributed by atoms with Crippen LogP contribution in [0.1, 0.15) is 34.0 Å². The number of hydrazone groups is 1. The zero-order valence-corrected chi connectivity index (χ0v) is 24.1. The van der Waals surface area contributed by atoms with Gasteiger partial charge in [-0.25, -0.2) is 5.43 Å². The molecule has 9 heteroatoms. The summed E-state index contributed by atoms with van der Waals surface area (Å²) in [5.41, 5.74) is 5.28. The highest BCUT2D eigenvalue weighted by molar-refractivity contribution is 9.10. The van der Waals surface area contributed by atoms with Crippen molar-refractivity contribution in [2.45, 2.75) is 20.1 Å². The topological polar surface area (TPSA) is 69.2 Å². The Labute approximate surface area is 245 Å². The van der Waals surface area contributed by atoms with Crippen LogP contribution in [0.3, 0.4) is 0 Å². The number of ether oxygens (including phenoxy) is 3. The Kier molecular flexibility index (Phi) is 10.3. The predicted molar refractivity (Wildman–Crippen MR) is 158 cm³/mol. The fourth-order valence-corrected chi connectivity index (χ4v) is 4.56. The molecule has 0 aliphatic rings. The molecule has 0 aromatic heterocycles. The van der Waals surface area contributed by atoms with Gasteiger partial charge in [0.15, 0.2) is 11.5 Å². The van der Waals surface area contributed by atoms with Crippen molar-refractivity contribution in [3.63, 3.8) is 0 Å². The van der Waals surface area contributed by atoms with Crippen molar-refractivity contribution in [1.82, 2.24) is 5.43 Å². The molecule has 0 fully saturated rings. The molecular weight excluding hydrogens is 603 g/mol. The number of hydrogen-bond acceptors (Lipinski definition) is 5. The molecule has 4 aromatic carbocycles. The maximum absolute atomic E-state index is 12.9. The third-order valence-corrected chi connectivity index (χ3v) is 6.84. The van der Waals surface area contributed by atoms with Gasteiger partial charge >= 0.3 is 0 Å². The van der Waals surface area contributed by atoms with Gasteiger partial charge in [-0.3, -0.25) is 4.79 Å². The van der Waals surface area contributed by atoms with Crippen molar-refractivity contribution in [2.24, 2.45) is 5.10 Å². The number of carbonyl (C=O) groups excluding carboxylic acids is 1. The van der Waals surface area contributed by atoms with Gasteiger partial charge in [-0.15, -0.1) is 0 Å². The summed E-state index contributed by atoms with van der Waals surface area (Å²) in [6, 6.07) is 25.4. The number of para-hydroxylation sites is 1. The van der Waals surface area contributed by atoms with E-state index in [1.807, 2.05) is 55.5 Å². The second-order valence-electron chi connectivity index (χ2n) is 8.22. The van der Waals surface area contributed by atoms with Gasteiger partial charge in [0.2, 0.25) is 0 Å². The number of nitrogens with zero attached hydrogens (tertiary/aromatic N) is 1. The first kappa shape index (κ1) is 28.5. The smallest absolute Gasteiger partial charge is 0.275 e. The maximum atomic E-state index is 12.9. The molecule has 1 amide bonds. The molecule has 0 aliphatic carbocycles. The summed E-state index contributed by atoms with van der Waals surface area (Å²) in [7, 11) is 0. The van der Waals surface area contributed by atoms with Crippen LogP contribution in [-0.4, -0.2) is 18.7 Å². The minimum Gasteiger partial charge on any atom is -0.490 e. The lowest BCUT2D eigenvalue weighted by atomic mass is 10.2. The van der Waals surface area contributed by atoms with E-state index in [9.17, 15) is 4.79 Å². The molecule has 0 saturated heterocycles. The Balaban J connectivity index is 1.44. The number of rotatable bonds is 11. The van der Waals surface area contributed by atoms with Crippen molar-refractivity contribution in [1.29, 1.82) is 0 Å². The highest BCUT2D eigenvalue weighted by Gasteiger charge is 2.14. The fraction of sp³-hybridized carbons (Fsp3) is 0.133. The summed E-state index contributed by atoms with van der Waals surface area (Å²) < 4.78 is 18.4. The summed E-state index contributed by atoms with van der Waals surface area (Å²) in [6.07, 6.45) is 1.52. The quantitative estimate of drug-likeness (QED) is 0.135. The van der Waals surface area contributed by atoms with Gasteiger partial charge in [-0.2, -0.15) is 5.10 Å². The summed E-state index contributed by atoms with van der Waals surface area (Å²) in [5, 5.41) is 5.36. The third kappa shape index (κ3) is 7.76. The first-order valence-electron chi connectivity index (χ1n) is 12.1. The van der Waals surface area contributed by atoms with Gasteiger partial charge in [-0.05, 0) is 64.8 Å².